The van der Waals surface area contributed by atoms with Gasteiger partial charge in [-0.2, -0.15) is 0 Å². The minimum Gasteiger partial charge on any atom is -0.496 e. The van der Waals surface area contributed by atoms with Crippen molar-refractivity contribution in [3.8, 4) is 11.5 Å². The van der Waals surface area contributed by atoms with E-state index in [1.165, 1.54) is 11.1 Å². The molecule has 0 aliphatic heterocycles. The summed E-state index contributed by atoms with van der Waals surface area (Å²) in [4.78, 5) is 0. The topological polar surface area (TPSA) is 30.5 Å². The molecule has 1 aliphatic carbocycles. The highest BCUT2D eigenvalue weighted by atomic mass is 16.5. The normalized spacial score (nSPS) is 19.1. The van der Waals surface area contributed by atoms with Crippen LogP contribution in [-0.2, 0) is 12.8 Å². The fraction of sp³-hybridized carbons (Fsp3) is 0.538. The molecule has 1 aliphatic rings. The molecule has 1 aromatic rings. The molecule has 1 N–H and O–H groups in total. The van der Waals surface area contributed by atoms with Gasteiger partial charge in [-0.05, 0) is 38.4 Å². The van der Waals surface area contributed by atoms with Crippen LogP contribution in [0.4, 0.5) is 0 Å². The zero-order valence-corrected chi connectivity index (χ0v) is 10.2. The molecule has 1 atom stereocenters. The Kier molecular flexibility index (Phi) is 3.34. The van der Waals surface area contributed by atoms with Crippen LogP contribution in [0.5, 0.6) is 11.5 Å². The Morgan fingerprint density at radius 3 is 2.31 bits per heavy atom. The van der Waals surface area contributed by atoms with Crippen LogP contribution >= 0.6 is 0 Å². The van der Waals surface area contributed by atoms with Crippen molar-refractivity contribution < 1.29 is 9.47 Å². The van der Waals surface area contributed by atoms with Gasteiger partial charge in [0.2, 0.25) is 0 Å². The zero-order valence-electron chi connectivity index (χ0n) is 10.2. The number of hydrogen-bond acceptors (Lipinski definition) is 3. The Labute approximate surface area is 96.8 Å². The number of likely N-dealkylation sites (N-methyl/N-ethyl adjacent to an activating group) is 1. The Balaban J connectivity index is 2.42. The molecule has 0 saturated heterocycles. The standard InChI is InChI=1S/C13H19NO2/c1-14-9-4-5-10-11(8-9)13(16-3)7-6-12(10)15-2/h6-7,9,14H,4-5,8H2,1-3H3. The van der Waals surface area contributed by atoms with Crippen molar-refractivity contribution in [2.45, 2.75) is 25.3 Å². The molecule has 0 amide bonds. The van der Waals surface area contributed by atoms with E-state index in [4.69, 9.17) is 9.47 Å². The molecule has 3 heteroatoms. The number of methoxy groups -OCH3 is 2. The predicted molar refractivity (Wildman–Crippen MR) is 64.4 cm³/mol. The molecule has 2 rings (SSSR count). The summed E-state index contributed by atoms with van der Waals surface area (Å²) in [5, 5.41) is 3.34. The number of hydrogen-bond donors (Lipinski definition) is 1. The van der Waals surface area contributed by atoms with E-state index in [0.29, 0.717) is 6.04 Å². The van der Waals surface area contributed by atoms with Crippen LogP contribution in [0.25, 0.3) is 0 Å². The second kappa shape index (κ2) is 4.74. The summed E-state index contributed by atoms with van der Waals surface area (Å²) in [5.41, 5.74) is 2.61. The van der Waals surface area contributed by atoms with E-state index >= 15 is 0 Å². The highest BCUT2D eigenvalue weighted by Crippen LogP contribution is 2.35. The first-order valence-corrected chi connectivity index (χ1v) is 5.70. The van der Waals surface area contributed by atoms with Crippen LogP contribution in [0, 0.1) is 0 Å². The van der Waals surface area contributed by atoms with E-state index in [9.17, 15) is 0 Å². The summed E-state index contributed by atoms with van der Waals surface area (Å²) < 4.78 is 10.8. The van der Waals surface area contributed by atoms with Gasteiger partial charge in [0.15, 0.2) is 0 Å². The summed E-state index contributed by atoms with van der Waals surface area (Å²) in [6.45, 7) is 0. The minimum atomic E-state index is 0.550. The Hall–Kier alpha value is -1.22. The Bertz CT molecular complexity index is 376. The van der Waals surface area contributed by atoms with Crippen LogP contribution in [0.15, 0.2) is 12.1 Å². The smallest absolute Gasteiger partial charge is 0.122 e. The van der Waals surface area contributed by atoms with Crippen LogP contribution in [0.3, 0.4) is 0 Å². The van der Waals surface area contributed by atoms with Crippen LogP contribution < -0.4 is 14.8 Å². The highest BCUT2D eigenvalue weighted by Gasteiger charge is 2.23. The SMILES string of the molecule is CNC1CCc2c(OC)ccc(OC)c2C1. The fourth-order valence-electron chi connectivity index (χ4n) is 2.44. The maximum absolute atomic E-state index is 5.42. The lowest BCUT2D eigenvalue weighted by molar-refractivity contribution is 0.380. The third-order valence-corrected chi connectivity index (χ3v) is 3.39. The van der Waals surface area contributed by atoms with E-state index in [2.05, 4.69) is 5.32 Å². The maximum Gasteiger partial charge on any atom is 0.122 e. The Morgan fingerprint density at radius 2 is 1.75 bits per heavy atom. The van der Waals surface area contributed by atoms with Gasteiger partial charge in [0, 0.05) is 17.2 Å². The van der Waals surface area contributed by atoms with Crippen LogP contribution in [0.1, 0.15) is 17.5 Å². The molecule has 1 aromatic carbocycles. The minimum absolute atomic E-state index is 0.550. The summed E-state index contributed by atoms with van der Waals surface area (Å²) >= 11 is 0. The largest absolute Gasteiger partial charge is 0.496 e. The molecule has 3 nitrogen and oxygen atoms in total. The van der Waals surface area contributed by atoms with Gasteiger partial charge < -0.3 is 14.8 Å². The molecule has 0 fully saturated rings. The molecule has 0 spiro atoms. The van der Waals surface area contributed by atoms with Crippen molar-refractivity contribution in [2.24, 2.45) is 0 Å². The van der Waals surface area contributed by atoms with Gasteiger partial charge in [0.25, 0.3) is 0 Å². The monoisotopic (exact) mass is 221 g/mol. The maximum atomic E-state index is 5.42. The molecule has 1 unspecified atom stereocenters. The van der Waals surface area contributed by atoms with Crippen molar-refractivity contribution in [3.63, 3.8) is 0 Å². The quantitative estimate of drug-likeness (QED) is 0.844. The van der Waals surface area contributed by atoms with Gasteiger partial charge in [-0.15, -0.1) is 0 Å². The number of benzene rings is 1. The van der Waals surface area contributed by atoms with E-state index in [1.54, 1.807) is 14.2 Å². The number of rotatable bonds is 3. The summed E-state index contributed by atoms with van der Waals surface area (Å²) in [7, 11) is 5.47. The summed E-state index contributed by atoms with van der Waals surface area (Å²) in [6.07, 6.45) is 3.24. The molecule has 0 aromatic heterocycles. The number of nitrogens with one attached hydrogen (secondary N) is 1. The third kappa shape index (κ3) is 1.87. The molecule has 0 heterocycles. The molecule has 16 heavy (non-hydrogen) atoms. The van der Waals surface area contributed by atoms with E-state index in [1.807, 2.05) is 19.2 Å². The first kappa shape index (κ1) is 11.3. The highest BCUT2D eigenvalue weighted by molar-refractivity contribution is 5.50. The molecule has 0 saturated carbocycles. The fourth-order valence-corrected chi connectivity index (χ4v) is 2.44. The molecular formula is C13H19NO2. The van der Waals surface area contributed by atoms with Crippen molar-refractivity contribution in [2.75, 3.05) is 21.3 Å². The lowest BCUT2D eigenvalue weighted by atomic mass is 9.87. The van der Waals surface area contributed by atoms with Crippen LogP contribution in [-0.4, -0.2) is 27.3 Å². The summed E-state index contributed by atoms with van der Waals surface area (Å²) in [6, 6.07) is 4.54. The predicted octanol–water partition coefficient (Wildman–Crippen LogP) is 1.78. The van der Waals surface area contributed by atoms with E-state index < -0.39 is 0 Å². The molecular weight excluding hydrogens is 202 g/mol. The van der Waals surface area contributed by atoms with Crippen molar-refractivity contribution in [3.05, 3.63) is 23.3 Å². The Morgan fingerprint density at radius 1 is 1.12 bits per heavy atom. The molecule has 0 radical (unpaired) electrons. The summed E-state index contributed by atoms with van der Waals surface area (Å²) in [5.74, 6) is 1.97. The number of fused-ring (bicyclic) bond motifs is 1. The molecule has 88 valence electrons. The van der Waals surface area contributed by atoms with Crippen LogP contribution in [0.2, 0.25) is 0 Å². The second-order valence-corrected chi connectivity index (χ2v) is 4.16. The average Bonchev–Trinajstić information content (AvgIpc) is 2.36. The van der Waals surface area contributed by atoms with E-state index in [-0.39, 0.29) is 0 Å². The van der Waals surface area contributed by atoms with Gasteiger partial charge in [0.05, 0.1) is 14.2 Å². The average molecular weight is 221 g/mol. The lowest BCUT2D eigenvalue weighted by Crippen LogP contribution is -2.31. The van der Waals surface area contributed by atoms with Gasteiger partial charge in [-0.25, -0.2) is 0 Å². The van der Waals surface area contributed by atoms with Gasteiger partial charge >= 0.3 is 0 Å². The zero-order chi connectivity index (χ0) is 11.5. The first-order valence-electron chi connectivity index (χ1n) is 5.70. The van der Waals surface area contributed by atoms with E-state index in [0.717, 1.165) is 30.8 Å². The second-order valence-electron chi connectivity index (χ2n) is 4.16. The lowest BCUT2D eigenvalue weighted by Gasteiger charge is -2.27. The first-order chi connectivity index (χ1) is 7.80. The van der Waals surface area contributed by atoms with Gasteiger partial charge in [-0.3, -0.25) is 0 Å². The molecule has 0 bridgehead atoms. The van der Waals surface area contributed by atoms with Gasteiger partial charge in [0.1, 0.15) is 11.5 Å². The van der Waals surface area contributed by atoms with Gasteiger partial charge in [-0.1, -0.05) is 0 Å². The van der Waals surface area contributed by atoms with Crippen molar-refractivity contribution in [1.29, 1.82) is 0 Å². The number of ether oxygens (including phenoxy) is 2. The van der Waals surface area contributed by atoms with Crippen molar-refractivity contribution in [1.82, 2.24) is 5.32 Å². The van der Waals surface area contributed by atoms with Crippen molar-refractivity contribution >= 4 is 0 Å². The third-order valence-electron chi connectivity index (χ3n) is 3.39.